The quantitative estimate of drug-likeness (QED) is 0.242. The lowest BCUT2D eigenvalue weighted by Gasteiger charge is -2.05. The zero-order valence-corrected chi connectivity index (χ0v) is 12.6. The maximum atomic E-state index is 11.4. The molecule has 18 heavy (non-hydrogen) atoms. The number of alkyl halides is 1. The molecular formula is C15H23BrO2. The molecule has 0 heterocycles. The van der Waals surface area contributed by atoms with Gasteiger partial charge in [-0.15, -0.1) is 0 Å². The summed E-state index contributed by atoms with van der Waals surface area (Å²) in [6.07, 6.45) is 11.3. The third-order valence-electron chi connectivity index (χ3n) is 2.51. The van der Waals surface area contributed by atoms with E-state index in [2.05, 4.69) is 29.1 Å². The molecule has 0 aliphatic carbocycles. The number of carbonyl (C=O) groups excluding carboxylic acids is 1. The summed E-state index contributed by atoms with van der Waals surface area (Å²) >= 11 is 3.40. The zero-order valence-electron chi connectivity index (χ0n) is 11.0. The van der Waals surface area contributed by atoms with Gasteiger partial charge in [-0.05, 0) is 18.4 Å². The first-order valence-corrected chi connectivity index (χ1v) is 7.52. The molecule has 0 bridgehead atoms. The zero-order chi connectivity index (χ0) is 13.6. The van der Waals surface area contributed by atoms with Gasteiger partial charge in [-0.1, -0.05) is 66.6 Å². The number of hydrogen-bond donors (Lipinski definition) is 0. The van der Waals surface area contributed by atoms with Crippen LogP contribution >= 0.6 is 15.9 Å². The summed E-state index contributed by atoms with van der Waals surface area (Å²) < 4.78 is 5.14. The van der Waals surface area contributed by atoms with Gasteiger partial charge < -0.3 is 4.74 Å². The van der Waals surface area contributed by atoms with Gasteiger partial charge in [-0.2, -0.15) is 0 Å². The van der Waals surface area contributed by atoms with Crippen molar-refractivity contribution in [2.75, 3.05) is 11.9 Å². The third kappa shape index (κ3) is 10.3. The fraction of sp³-hybridized carbons (Fsp3) is 0.533. The Morgan fingerprint density at radius 3 is 2.39 bits per heavy atom. The van der Waals surface area contributed by atoms with E-state index in [0.29, 0.717) is 6.42 Å². The number of unbranched alkanes of at least 4 members (excludes halogenated alkanes) is 4. The van der Waals surface area contributed by atoms with Crippen LogP contribution in [0.1, 0.15) is 38.5 Å². The van der Waals surface area contributed by atoms with Gasteiger partial charge in [0.05, 0.1) is 0 Å². The monoisotopic (exact) mass is 314 g/mol. The summed E-state index contributed by atoms with van der Waals surface area (Å²) in [5, 5.41) is 1.06. The molecule has 3 heteroatoms. The van der Waals surface area contributed by atoms with Crippen LogP contribution in [-0.2, 0) is 9.53 Å². The van der Waals surface area contributed by atoms with E-state index in [-0.39, 0.29) is 12.6 Å². The first kappa shape index (κ1) is 17.2. The normalized spacial score (nSPS) is 11.1. The van der Waals surface area contributed by atoms with E-state index in [1.165, 1.54) is 19.3 Å². The molecule has 0 N–H and O–H groups in total. The minimum absolute atomic E-state index is 0.132. The summed E-state index contributed by atoms with van der Waals surface area (Å²) in [5.74, 6) is -0.132. The minimum atomic E-state index is -0.132. The molecule has 0 spiro atoms. The van der Waals surface area contributed by atoms with E-state index in [9.17, 15) is 4.79 Å². The van der Waals surface area contributed by atoms with Crippen molar-refractivity contribution in [2.45, 2.75) is 38.5 Å². The second kappa shape index (κ2) is 12.6. The van der Waals surface area contributed by atoms with Crippen LogP contribution in [0.25, 0.3) is 0 Å². The van der Waals surface area contributed by atoms with Gasteiger partial charge in [0.25, 0.3) is 0 Å². The Hall–Kier alpha value is -0.830. The topological polar surface area (TPSA) is 26.3 Å². The molecule has 0 saturated carbocycles. The standard InChI is InChI=1S/C15H23BrO2/c1-3-10-14(4-2)13-18-15(17)11-8-6-5-7-9-12-16/h3-4,10H,1-2,5-9,11-13H2/b14-10+. The Morgan fingerprint density at radius 2 is 1.78 bits per heavy atom. The first-order chi connectivity index (χ1) is 8.74. The second-order valence-corrected chi connectivity index (χ2v) is 4.84. The van der Waals surface area contributed by atoms with E-state index in [4.69, 9.17) is 4.74 Å². The molecule has 0 aliphatic heterocycles. The molecule has 0 aromatic heterocycles. The van der Waals surface area contributed by atoms with E-state index in [0.717, 1.165) is 23.7 Å². The third-order valence-corrected chi connectivity index (χ3v) is 3.07. The lowest BCUT2D eigenvalue weighted by molar-refractivity contribution is -0.142. The Labute approximate surface area is 119 Å². The summed E-state index contributed by atoms with van der Waals surface area (Å²) in [7, 11) is 0. The maximum absolute atomic E-state index is 11.4. The number of rotatable bonds is 11. The van der Waals surface area contributed by atoms with Gasteiger partial charge in [0.15, 0.2) is 0 Å². The first-order valence-electron chi connectivity index (χ1n) is 6.40. The van der Waals surface area contributed by atoms with Crippen molar-refractivity contribution in [1.29, 1.82) is 0 Å². The van der Waals surface area contributed by atoms with Crippen LogP contribution in [0.15, 0.2) is 37.0 Å². The number of esters is 1. The molecule has 0 aliphatic rings. The molecule has 0 aromatic rings. The predicted molar refractivity (Wildman–Crippen MR) is 80.9 cm³/mol. The van der Waals surface area contributed by atoms with Crippen molar-refractivity contribution in [3.63, 3.8) is 0 Å². The van der Waals surface area contributed by atoms with Crippen molar-refractivity contribution in [3.8, 4) is 0 Å². The highest BCUT2D eigenvalue weighted by atomic mass is 79.9. The summed E-state index contributed by atoms with van der Waals surface area (Å²) in [6, 6.07) is 0. The highest BCUT2D eigenvalue weighted by Crippen LogP contribution is 2.07. The molecule has 0 radical (unpaired) electrons. The van der Waals surface area contributed by atoms with Gasteiger partial charge >= 0.3 is 5.97 Å². The molecule has 102 valence electrons. The van der Waals surface area contributed by atoms with Crippen molar-refractivity contribution in [2.24, 2.45) is 0 Å². The average Bonchev–Trinajstić information content (AvgIpc) is 2.38. The fourth-order valence-electron chi connectivity index (χ4n) is 1.46. The highest BCUT2D eigenvalue weighted by Gasteiger charge is 2.03. The van der Waals surface area contributed by atoms with Crippen molar-refractivity contribution >= 4 is 21.9 Å². The van der Waals surface area contributed by atoms with Crippen LogP contribution in [-0.4, -0.2) is 17.9 Å². The molecule has 2 nitrogen and oxygen atoms in total. The van der Waals surface area contributed by atoms with Gasteiger partial charge in [0.1, 0.15) is 6.61 Å². The number of ether oxygens (including phenoxy) is 1. The number of halogens is 1. The Balaban J connectivity index is 3.56. The van der Waals surface area contributed by atoms with Crippen LogP contribution in [0.5, 0.6) is 0 Å². The molecule has 0 fully saturated rings. The van der Waals surface area contributed by atoms with Gasteiger partial charge in [0.2, 0.25) is 0 Å². The number of hydrogen-bond acceptors (Lipinski definition) is 2. The number of carbonyl (C=O) groups is 1. The number of allylic oxidation sites excluding steroid dienone is 2. The average molecular weight is 315 g/mol. The SMILES string of the molecule is C=C/C=C(\C=C)COC(=O)CCCCCCCBr. The van der Waals surface area contributed by atoms with Crippen molar-refractivity contribution in [1.82, 2.24) is 0 Å². The smallest absolute Gasteiger partial charge is 0.306 e. The Bertz CT molecular complexity index is 282. The van der Waals surface area contributed by atoms with Crippen LogP contribution in [0, 0.1) is 0 Å². The summed E-state index contributed by atoms with van der Waals surface area (Å²) in [5.41, 5.74) is 0.871. The minimum Gasteiger partial charge on any atom is -0.461 e. The molecule has 0 saturated heterocycles. The van der Waals surface area contributed by atoms with Crippen LogP contribution in [0.3, 0.4) is 0 Å². The predicted octanol–water partition coefficient (Wildman–Crippen LogP) is 4.56. The van der Waals surface area contributed by atoms with Gasteiger partial charge in [-0.3, -0.25) is 4.79 Å². The van der Waals surface area contributed by atoms with Crippen LogP contribution < -0.4 is 0 Å². The van der Waals surface area contributed by atoms with E-state index in [1.807, 2.05) is 0 Å². The largest absolute Gasteiger partial charge is 0.461 e. The highest BCUT2D eigenvalue weighted by molar-refractivity contribution is 9.09. The Morgan fingerprint density at radius 1 is 1.11 bits per heavy atom. The maximum Gasteiger partial charge on any atom is 0.306 e. The van der Waals surface area contributed by atoms with E-state index >= 15 is 0 Å². The van der Waals surface area contributed by atoms with E-state index < -0.39 is 0 Å². The van der Waals surface area contributed by atoms with E-state index in [1.54, 1.807) is 18.2 Å². The lowest BCUT2D eigenvalue weighted by atomic mass is 10.1. The fourth-order valence-corrected chi connectivity index (χ4v) is 1.85. The summed E-state index contributed by atoms with van der Waals surface area (Å²) in [4.78, 5) is 11.4. The van der Waals surface area contributed by atoms with Crippen molar-refractivity contribution in [3.05, 3.63) is 37.0 Å². The molecule has 0 aromatic carbocycles. The second-order valence-electron chi connectivity index (χ2n) is 4.05. The van der Waals surface area contributed by atoms with Crippen molar-refractivity contribution < 1.29 is 9.53 Å². The molecular weight excluding hydrogens is 292 g/mol. The van der Waals surface area contributed by atoms with Crippen LogP contribution in [0.2, 0.25) is 0 Å². The lowest BCUT2D eigenvalue weighted by Crippen LogP contribution is -2.06. The van der Waals surface area contributed by atoms with Gasteiger partial charge in [0, 0.05) is 11.8 Å². The van der Waals surface area contributed by atoms with Crippen LogP contribution in [0.4, 0.5) is 0 Å². The molecule has 0 rings (SSSR count). The Kier molecular flexibility index (Phi) is 12.0. The molecule has 0 unspecified atom stereocenters. The van der Waals surface area contributed by atoms with Gasteiger partial charge in [-0.25, -0.2) is 0 Å². The molecule has 0 amide bonds. The summed E-state index contributed by atoms with van der Waals surface area (Å²) in [6.45, 7) is 7.53. The molecule has 0 atom stereocenters.